The van der Waals surface area contributed by atoms with E-state index in [1.54, 1.807) is 7.11 Å². The lowest BCUT2D eigenvalue weighted by atomic mass is 9.84. The molecule has 19 heavy (non-hydrogen) atoms. The van der Waals surface area contributed by atoms with Crippen molar-refractivity contribution < 1.29 is 4.74 Å². The van der Waals surface area contributed by atoms with Crippen molar-refractivity contribution >= 4 is 5.69 Å². The maximum Gasteiger partial charge on any atom is 0.0779 e. The average Bonchev–Trinajstić information content (AvgIpc) is 2.40. The Hall–Kier alpha value is -1.06. The average molecular weight is 264 g/mol. The Kier molecular flexibility index (Phi) is 5.83. The van der Waals surface area contributed by atoms with Gasteiger partial charge in [0, 0.05) is 25.9 Å². The van der Waals surface area contributed by atoms with Gasteiger partial charge in [-0.05, 0) is 31.9 Å². The molecule has 1 aromatic carbocycles. The predicted octanol–water partition coefficient (Wildman–Crippen LogP) is 2.82. The number of aryl methyl sites for hydroxylation is 1. The molecule has 0 aromatic heterocycles. The van der Waals surface area contributed by atoms with Crippen molar-refractivity contribution in [2.24, 2.45) is 11.7 Å². The summed E-state index contributed by atoms with van der Waals surface area (Å²) < 4.78 is 5.47. The summed E-state index contributed by atoms with van der Waals surface area (Å²) in [4.78, 5) is 2.38. The molecule has 0 saturated carbocycles. The zero-order chi connectivity index (χ0) is 14.5. The summed E-state index contributed by atoms with van der Waals surface area (Å²) in [6.45, 7) is 10.8. The number of hydrogen-bond donors (Lipinski definition) is 1. The molecule has 1 unspecified atom stereocenters. The molecular formula is C16H28N2O. The standard InChI is InChI=1S/C16H28N2O/c1-6-18(15-9-7-14(4)8-10-15)16(11-17,12-19-5)13(2)3/h7-10,13H,6,11-12,17H2,1-5H3. The summed E-state index contributed by atoms with van der Waals surface area (Å²) in [6.07, 6.45) is 0. The first-order valence-corrected chi connectivity index (χ1v) is 7.05. The molecule has 0 aliphatic carbocycles. The number of methoxy groups -OCH3 is 1. The molecule has 0 aliphatic heterocycles. The molecular weight excluding hydrogens is 236 g/mol. The van der Waals surface area contributed by atoms with Gasteiger partial charge in [-0.2, -0.15) is 0 Å². The smallest absolute Gasteiger partial charge is 0.0779 e. The van der Waals surface area contributed by atoms with Gasteiger partial charge in [0.1, 0.15) is 0 Å². The summed E-state index contributed by atoms with van der Waals surface area (Å²) in [5.74, 6) is 0.415. The largest absolute Gasteiger partial charge is 0.382 e. The van der Waals surface area contributed by atoms with Crippen LogP contribution < -0.4 is 10.6 Å². The minimum atomic E-state index is -0.154. The molecule has 3 heteroatoms. The Balaban J connectivity index is 3.19. The van der Waals surface area contributed by atoms with Crippen LogP contribution in [0.5, 0.6) is 0 Å². The second kappa shape index (κ2) is 6.92. The SMILES string of the molecule is CCN(c1ccc(C)cc1)C(CN)(COC)C(C)C. The molecule has 0 radical (unpaired) electrons. The second-order valence-electron chi connectivity index (χ2n) is 5.48. The van der Waals surface area contributed by atoms with Gasteiger partial charge in [-0.15, -0.1) is 0 Å². The summed E-state index contributed by atoms with van der Waals surface area (Å²) in [6, 6.07) is 8.63. The highest BCUT2D eigenvalue weighted by Crippen LogP contribution is 2.30. The highest BCUT2D eigenvalue weighted by Gasteiger charge is 2.38. The van der Waals surface area contributed by atoms with E-state index in [0.29, 0.717) is 19.1 Å². The van der Waals surface area contributed by atoms with Gasteiger partial charge < -0.3 is 15.4 Å². The van der Waals surface area contributed by atoms with Crippen LogP contribution in [0.4, 0.5) is 5.69 Å². The van der Waals surface area contributed by atoms with Crippen molar-refractivity contribution in [3.05, 3.63) is 29.8 Å². The number of rotatable bonds is 7. The van der Waals surface area contributed by atoms with Gasteiger partial charge in [-0.3, -0.25) is 0 Å². The summed E-state index contributed by atoms with van der Waals surface area (Å²) in [5.41, 5.74) is 8.45. The lowest BCUT2D eigenvalue weighted by molar-refractivity contribution is 0.103. The molecule has 0 aliphatic rings. The molecule has 0 spiro atoms. The fourth-order valence-corrected chi connectivity index (χ4v) is 2.69. The molecule has 0 bridgehead atoms. The van der Waals surface area contributed by atoms with Crippen LogP contribution in [0.15, 0.2) is 24.3 Å². The van der Waals surface area contributed by atoms with E-state index in [1.165, 1.54) is 11.3 Å². The maximum atomic E-state index is 6.12. The van der Waals surface area contributed by atoms with Crippen molar-refractivity contribution in [3.63, 3.8) is 0 Å². The first-order chi connectivity index (χ1) is 9.01. The van der Waals surface area contributed by atoms with E-state index in [0.717, 1.165) is 6.54 Å². The van der Waals surface area contributed by atoms with Crippen LogP contribution in [0, 0.1) is 12.8 Å². The van der Waals surface area contributed by atoms with Gasteiger partial charge in [-0.25, -0.2) is 0 Å². The van der Waals surface area contributed by atoms with Gasteiger partial charge >= 0.3 is 0 Å². The molecule has 0 heterocycles. The van der Waals surface area contributed by atoms with E-state index in [4.69, 9.17) is 10.5 Å². The van der Waals surface area contributed by atoms with Crippen LogP contribution in [-0.4, -0.2) is 32.3 Å². The summed E-state index contributed by atoms with van der Waals surface area (Å²) in [7, 11) is 1.75. The Morgan fingerprint density at radius 3 is 2.21 bits per heavy atom. The van der Waals surface area contributed by atoms with Gasteiger partial charge in [-0.1, -0.05) is 31.5 Å². The van der Waals surface area contributed by atoms with Crippen LogP contribution in [0.2, 0.25) is 0 Å². The van der Waals surface area contributed by atoms with E-state index in [2.05, 4.69) is 56.9 Å². The first kappa shape index (κ1) is 16.0. The molecule has 2 N–H and O–H groups in total. The fraction of sp³-hybridized carbons (Fsp3) is 0.625. The molecule has 1 rings (SSSR count). The Morgan fingerprint density at radius 2 is 1.84 bits per heavy atom. The molecule has 1 aromatic rings. The number of ether oxygens (including phenoxy) is 1. The van der Waals surface area contributed by atoms with E-state index in [-0.39, 0.29) is 5.54 Å². The van der Waals surface area contributed by atoms with Crippen molar-refractivity contribution in [3.8, 4) is 0 Å². The molecule has 3 nitrogen and oxygen atoms in total. The van der Waals surface area contributed by atoms with E-state index in [1.807, 2.05) is 0 Å². The minimum Gasteiger partial charge on any atom is -0.382 e. The highest BCUT2D eigenvalue weighted by molar-refractivity contribution is 5.50. The third kappa shape index (κ3) is 3.28. The third-order valence-electron chi connectivity index (χ3n) is 4.02. The van der Waals surface area contributed by atoms with E-state index < -0.39 is 0 Å². The number of benzene rings is 1. The van der Waals surface area contributed by atoms with Crippen molar-refractivity contribution in [1.82, 2.24) is 0 Å². The maximum absolute atomic E-state index is 6.12. The normalized spacial score (nSPS) is 14.5. The predicted molar refractivity (Wildman–Crippen MR) is 82.7 cm³/mol. The fourth-order valence-electron chi connectivity index (χ4n) is 2.69. The van der Waals surface area contributed by atoms with E-state index >= 15 is 0 Å². The Bertz CT molecular complexity index is 375. The number of nitrogens with zero attached hydrogens (tertiary/aromatic N) is 1. The molecule has 0 fully saturated rings. The topological polar surface area (TPSA) is 38.5 Å². The number of hydrogen-bond acceptors (Lipinski definition) is 3. The Labute approximate surface area is 117 Å². The molecule has 1 atom stereocenters. The van der Waals surface area contributed by atoms with Gasteiger partial charge in [0.05, 0.1) is 12.1 Å². The molecule has 0 amide bonds. The van der Waals surface area contributed by atoms with Crippen LogP contribution in [0.3, 0.4) is 0 Å². The monoisotopic (exact) mass is 264 g/mol. The quantitative estimate of drug-likeness (QED) is 0.823. The first-order valence-electron chi connectivity index (χ1n) is 7.05. The molecule has 0 saturated heterocycles. The van der Waals surface area contributed by atoms with Gasteiger partial charge in [0.2, 0.25) is 0 Å². The van der Waals surface area contributed by atoms with Crippen molar-refractivity contribution in [1.29, 1.82) is 0 Å². The number of anilines is 1. The Morgan fingerprint density at radius 1 is 1.26 bits per heavy atom. The van der Waals surface area contributed by atoms with Gasteiger partial charge in [0.25, 0.3) is 0 Å². The number of nitrogens with two attached hydrogens (primary N) is 1. The second-order valence-corrected chi connectivity index (χ2v) is 5.48. The highest BCUT2D eigenvalue weighted by atomic mass is 16.5. The lowest BCUT2D eigenvalue weighted by Gasteiger charge is -2.47. The number of likely N-dealkylation sites (N-methyl/N-ethyl adjacent to an activating group) is 1. The zero-order valence-electron chi connectivity index (χ0n) is 12.9. The minimum absolute atomic E-state index is 0.154. The third-order valence-corrected chi connectivity index (χ3v) is 4.02. The molecule has 108 valence electrons. The summed E-state index contributed by atoms with van der Waals surface area (Å²) in [5, 5.41) is 0. The van der Waals surface area contributed by atoms with Crippen LogP contribution >= 0.6 is 0 Å². The van der Waals surface area contributed by atoms with Crippen LogP contribution in [0.1, 0.15) is 26.3 Å². The van der Waals surface area contributed by atoms with Gasteiger partial charge in [0.15, 0.2) is 0 Å². The van der Waals surface area contributed by atoms with Crippen molar-refractivity contribution in [2.75, 3.05) is 31.7 Å². The van der Waals surface area contributed by atoms with Crippen molar-refractivity contribution in [2.45, 2.75) is 33.2 Å². The van der Waals surface area contributed by atoms with Crippen LogP contribution in [-0.2, 0) is 4.74 Å². The van der Waals surface area contributed by atoms with Crippen LogP contribution in [0.25, 0.3) is 0 Å². The lowest BCUT2D eigenvalue weighted by Crippen LogP contribution is -2.60. The zero-order valence-corrected chi connectivity index (χ0v) is 12.9. The summed E-state index contributed by atoms with van der Waals surface area (Å²) >= 11 is 0. The van der Waals surface area contributed by atoms with E-state index in [9.17, 15) is 0 Å².